The van der Waals surface area contributed by atoms with E-state index in [4.69, 9.17) is 21.0 Å². The van der Waals surface area contributed by atoms with E-state index in [2.05, 4.69) is 101 Å². The second kappa shape index (κ2) is 9.73. The van der Waals surface area contributed by atoms with Gasteiger partial charge in [-0.1, -0.05) is 115 Å². The molecule has 44 heavy (non-hydrogen) atoms. The molecule has 0 aliphatic rings. The van der Waals surface area contributed by atoms with E-state index >= 15 is 0 Å². The monoisotopic (exact) mass is 583 g/mol. The summed E-state index contributed by atoms with van der Waals surface area (Å²) >= 11 is 6.58. The van der Waals surface area contributed by atoms with Gasteiger partial charge in [0, 0.05) is 16.3 Å². The van der Waals surface area contributed by atoms with Gasteiger partial charge in [0.25, 0.3) is 0 Å². The molecule has 0 aliphatic carbocycles. The SMILES string of the molecule is Clc1nc(-c2ccc3c4ccccc4c4ccccc4c3c2)nc(-c2cccc3c2oc2cccc(-c4ccccc4)c23)n1. The Hall–Kier alpha value is -5.58. The first kappa shape index (κ1) is 25.0. The maximum Gasteiger partial charge on any atom is 0.226 e. The van der Waals surface area contributed by atoms with Crippen molar-refractivity contribution in [3.63, 3.8) is 0 Å². The van der Waals surface area contributed by atoms with Crippen molar-refractivity contribution in [1.29, 1.82) is 0 Å². The molecule has 0 bridgehead atoms. The summed E-state index contributed by atoms with van der Waals surface area (Å²) < 4.78 is 6.49. The summed E-state index contributed by atoms with van der Waals surface area (Å²) in [7, 11) is 0. The normalized spacial score (nSPS) is 11.8. The second-order valence-electron chi connectivity index (χ2n) is 10.9. The van der Waals surface area contributed by atoms with Gasteiger partial charge in [0.2, 0.25) is 5.28 Å². The number of fused-ring (bicyclic) bond motifs is 9. The zero-order valence-corrected chi connectivity index (χ0v) is 24.1. The van der Waals surface area contributed by atoms with Gasteiger partial charge in [0.1, 0.15) is 11.2 Å². The van der Waals surface area contributed by atoms with E-state index < -0.39 is 0 Å². The van der Waals surface area contributed by atoms with E-state index in [0.717, 1.165) is 49.6 Å². The lowest BCUT2D eigenvalue weighted by molar-refractivity contribution is 0.669. The van der Waals surface area contributed by atoms with E-state index in [-0.39, 0.29) is 5.28 Å². The number of halogens is 1. The van der Waals surface area contributed by atoms with Gasteiger partial charge in [-0.15, -0.1) is 0 Å². The van der Waals surface area contributed by atoms with Crippen LogP contribution in [0.3, 0.4) is 0 Å². The lowest BCUT2D eigenvalue weighted by Crippen LogP contribution is -1.97. The molecule has 0 radical (unpaired) electrons. The summed E-state index contributed by atoms with van der Waals surface area (Å²) in [6.07, 6.45) is 0. The van der Waals surface area contributed by atoms with Crippen LogP contribution in [-0.2, 0) is 0 Å². The molecule has 0 aliphatic heterocycles. The minimum Gasteiger partial charge on any atom is -0.455 e. The Labute approximate surface area is 257 Å². The summed E-state index contributed by atoms with van der Waals surface area (Å²) in [5.74, 6) is 0.978. The van der Waals surface area contributed by atoms with Crippen molar-refractivity contribution < 1.29 is 4.42 Å². The summed E-state index contributed by atoms with van der Waals surface area (Å²) in [5.41, 5.74) is 5.41. The minimum absolute atomic E-state index is 0.131. The van der Waals surface area contributed by atoms with E-state index in [0.29, 0.717) is 11.6 Å². The lowest BCUT2D eigenvalue weighted by atomic mass is 9.93. The van der Waals surface area contributed by atoms with Crippen LogP contribution in [0.15, 0.2) is 138 Å². The lowest BCUT2D eigenvalue weighted by Gasteiger charge is -2.12. The molecule has 0 fully saturated rings. The Bertz CT molecular complexity index is 2540. The number of benzene rings is 7. The largest absolute Gasteiger partial charge is 0.455 e. The Balaban J connectivity index is 1.25. The number of hydrogen-bond donors (Lipinski definition) is 0. The first-order chi connectivity index (χ1) is 21.7. The number of rotatable bonds is 3. The van der Waals surface area contributed by atoms with Gasteiger partial charge in [-0.2, -0.15) is 9.97 Å². The predicted molar refractivity (Wildman–Crippen MR) is 181 cm³/mol. The van der Waals surface area contributed by atoms with Gasteiger partial charge < -0.3 is 4.42 Å². The highest BCUT2D eigenvalue weighted by molar-refractivity contribution is 6.28. The van der Waals surface area contributed by atoms with Crippen molar-refractivity contribution in [2.75, 3.05) is 0 Å². The molecule has 2 aromatic heterocycles. The molecule has 5 heteroatoms. The van der Waals surface area contributed by atoms with Gasteiger partial charge in [0.15, 0.2) is 11.6 Å². The highest BCUT2D eigenvalue weighted by Crippen LogP contribution is 2.41. The van der Waals surface area contributed by atoms with E-state index in [1.807, 2.05) is 42.5 Å². The van der Waals surface area contributed by atoms with E-state index in [1.54, 1.807) is 0 Å². The third kappa shape index (κ3) is 3.82. The van der Waals surface area contributed by atoms with Gasteiger partial charge in [-0.3, -0.25) is 0 Å². The van der Waals surface area contributed by atoms with Crippen LogP contribution in [0.2, 0.25) is 5.28 Å². The van der Waals surface area contributed by atoms with Crippen LogP contribution in [0, 0.1) is 0 Å². The van der Waals surface area contributed by atoms with E-state index in [1.165, 1.54) is 26.9 Å². The molecule has 0 unspecified atom stereocenters. The molecule has 0 N–H and O–H groups in total. The smallest absolute Gasteiger partial charge is 0.226 e. The molecule has 0 saturated heterocycles. The third-order valence-corrected chi connectivity index (χ3v) is 8.63. The number of nitrogens with zero attached hydrogens (tertiary/aromatic N) is 3. The molecule has 7 aromatic carbocycles. The van der Waals surface area contributed by atoms with Crippen molar-refractivity contribution >= 4 is 65.9 Å². The van der Waals surface area contributed by atoms with Crippen molar-refractivity contribution in [3.8, 4) is 33.9 Å². The molecule has 9 aromatic rings. The second-order valence-corrected chi connectivity index (χ2v) is 11.3. The van der Waals surface area contributed by atoms with Crippen LogP contribution in [0.5, 0.6) is 0 Å². The molecular formula is C39H22ClN3O. The van der Waals surface area contributed by atoms with Crippen LogP contribution < -0.4 is 0 Å². The molecule has 206 valence electrons. The van der Waals surface area contributed by atoms with Crippen LogP contribution in [0.1, 0.15) is 0 Å². The highest BCUT2D eigenvalue weighted by atomic mass is 35.5. The first-order valence-corrected chi connectivity index (χ1v) is 14.9. The van der Waals surface area contributed by atoms with Crippen LogP contribution in [0.25, 0.3) is 88.2 Å². The molecule has 0 atom stereocenters. The number of para-hydroxylation sites is 1. The highest BCUT2D eigenvalue weighted by Gasteiger charge is 2.19. The van der Waals surface area contributed by atoms with Crippen LogP contribution in [0.4, 0.5) is 0 Å². The fraction of sp³-hybridized carbons (Fsp3) is 0. The Kier molecular flexibility index (Phi) is 5.52. The Morgan fingerprint density at radius 3 is 1.77 bits per heavy atom. The number of aromatic nitrogens is 3. The topological polar surface area (TPSA) is 51.8 Å². The number of hydrogen-bond acceptors (Lipinski definition) is 4. The Morgan fingerprint density at radius 2 is 1.02 bits per heavy atom. The summed E-state index contributed by atoms with van der Waals surface area (Å²) in [6.45, 7) is 0. The minimum atomic E-state index is 0.131. The molecule has 9 rings (SSSR count). The maximum absolute atomic E-state index is 6.58. The molecule has 0 amide bonds. The molecular weight excluding hydrogens is 562 g/mol. The maximum atomic E-state index is 6.58. The average Bonchev–Trinajstić information content (AvgIpc) is 3.47. The molecule has 0 saturated carbocycles. The molecule has 0 spiro atoms. The first-order valence-electron chi connectivity index (χ1n) is 14.5. The zero-order chi connectivity index (χ0) is 29.2. The summed E-state index contributed by atoms with van der Waals surface area (Å²) in [5, 5.41) is 9.37. The average molecular weight is 584 g/mol. The Morgan fingerprint density at radius 1 is 0.432 bits per heavy atom. The fourth-order valence-corrected chi connectivity index (χ4v) is 6.69. The van der Waals surface area contributed by atoms with Crippen molar-refractivity contribution in [2.45, 2.75) is 0 Å². The fourth-order valence-electron chi connectivity index (χ4n) is 6.53. The standard InChI is InChI=1S/C39H22ClN3O/c40-39-42-37(24-20-21-30-28-14-5-4-12-26(28)27-13-6-7-15-29(27)33(30)22-24)41-38(43-39)32-18-8-17-31-35-25(23-10-2-1-3-11-23)16-9-19-34(35)44-36(31)32/h1-22H. The zero-order valence-electron chi connectivity index (χ0n) is 23.3. The van der Waals surface area contributed by atoms with Crippen LogP contribution >= 0.6 is 11.6 Å². The number of furan rings is 1. The van der Waals surface area contributed by atoms with Gasteiger partial charge in [-0.05, 0) is 73.2 Å². The van der Waals surface area contributed by atoms with Crippen molar-refractivity contribution in [3.05, 3.63) is 139 Å². The summed E-state index contributed by atoms with van der Waals surface area (Å²) in [4.78, 5) is 14.1. The van der Waals surface area contributed by atoms with Crippen molar-refractivity contribution in [2.24, 2.45) is 0 Å². The van der Waals surface area contributed by atoms with Gasteiger partial charge in [-0.25, -0.2) is 4.98 Å². The molecule has 4 nitrogen and oxygen atoms in total. The van der Waals surface area contributed by atoms with E-state index in [9.17, 15) is 0 Å². The van der Waals surface area contributed by atoms with Crippen LogP contribution in [-0.4, -0.2) is 15.0 Å². The quantitative estimate of drug-likeness (QED) is 0.194. The van der Waals surface area contributed by atoms with Crippen molar-refractivity contribution in [1.82, 2.24) is 15.0 Å². The summed E-state index contributed by atoms with van der Waals surface area (Å²) in [6, 6.07) is 46.0. The van der Waals surface area contributed by atoms with Gasteiger partial charge in [0.05, 0.1) is 5.56 Å². The van der Waals surface area contributed by atoms with Gasteiger partial charge >= 0.3 is 0 Å². The third-order valence-electron chi connectivity index (χ3n) is 8.46. The predicted octanol–water partition coefficient (Wildman–Crippen LogP) is 10.9. The molecule has 2 heterocycles.